The van der Waals surface area contributed by atoms with E-state index in [1.54, 1.807) is 37.3 Å². The third-order valence-corrected chi connectivity index (χ3v) is 4.70. The van der Waals surface area contributed by atoms with Gasteiger partial charge in [-0.1, -0.05) is 40.9 Å². The second kappa shape index (κ2) is 7.66. The predicted octanol–water partition coefficient (Wildman–Crippen LogP) is 4.23. The van der Waals surface area contributed by atoms with Gasteiger partial charge in [0, 0.05) is 15.1 Å². The molecule has 3 rings (SSSR count). The molecule has 0 saturated carbocycles. The zero-order valence-corrected chi connectivity index (χ0v) is 15.9. The Morgan fingerprint density at radius 3 is 2.58 bits per heavy atom. The van der Waals surface area contributed by atoms with Crippen LogP contribution in [0.1, 0.15) is 18.5 Å². The molecule has 0 aliphatic rings. The lowest BCUT2D eigenvalue weighted by molar-refractivity contribution is -0.122. The average Bonchev–Trinajstić information content (AvgIpc) is 2.57. The van der Waals surface area contributed by atoms with Gasteiger partial charge in [-0.05, 0) is 42.8 Å². The third-order valence-electron chi connectivity index (χ3n) is 3.91. The molecule has 1 atom stereocenters. The molecule has 1 heterocycles. The molecule has 0 fully saturated rings. The number of nitrogens with zero attached hydrogens (tertiary/aromatic N) is 2. The molecule has 0 bridgehead atoms. The molecule has 1 amide bonds. The number of fused-ring (bicyclic) bond motifs is 1. The fraction of sp³-hybridized carbons (Fsp3) is 0.167. The van der Waals surface area contributed by atoms with E-state index in [1.165, 1.54) is 17.0 Å². The fourth-order valence-electron chi connectivity index (χ4n) is 2.62. The van der Waals surface area contributed by atoms with Crippen molar-refractivity contribution < 1.29 is 4.79 Å². The Hall–Kier alpha value is -2.08. The van der Waals surface area contributed by atoms with Crippen LogP contribution in [0.4, 0.5) is 0 Å². The number of halogens is 3. The quantitative estimate of drug-likeness (QED) is 0.700. The van der Waals surface area contributed by atoms with Crippen molar-refractivity contribution >= 4 is 51.6 Å². The maximum Gasteiger partial charge on any atom is 0.261 e. The summed E-state index contributed by atoms with van der Waals surface area (Å²) in [5.74, 6) is -0.339. The van der Waals surface area contributed by atoms with Crippen molar-refractivity contribution in [3.05, 3.63) is 73.7 Å². The van der Waals surface area contributed by atoms with Crippen molar-refractivity contribution in [3.8, 4) is 0 Å². The van der Waals surface area contributed by atoms with Crippen LogP contribution in [0, 0.1) is 0 Å². The summed E-state index contributed by atoms with van der Waals surface area (Å²) in [6.45, 7) is 1.64. The Bertz CT molecular complexity index is 1050. The first-order valence-electron chi connectivity index (χ1n) is 7.74. The molecule has 26 heavy (non-hydrogen) atoms. The maximum absolute atomic E-state index is 12.5. The number of carbonyl (C=O) groups excluding carboxylic acids is 1. The van der Waals surface area contributed by atoms with Gasteiger partial charge in [-0.3, -0.25) is 14.2 Å². The highest BCUT2D eigenvalue weighted by atomic mass is 35.5. The summed E-state index contributed by atoms with van der Waals surface area (Å²) in [6, 6.07) is 9.58. The minimum Gasteiger partial charge on any atom is -0.348 e. The van der Waals surface area contributed by atoms with Crippen LogP contribution in [0.5, 0.6) is 0 Å². The summed E-state index contributed by atoms with van der Waals surface area (Å²) in [7, 11) is 0. The number of nitrogens with one attached hydrogen (secondary N) is 1. The molecule has 0 aliphatic heterocycles. The van der Waals surface area contributed by atoms with Crippen molar-refractivity contribution in [3.63, 3.8) is 0 Å². The van der Waals surface area contributed by atoms with E-state index in [9.17, 15) is 9.59 Å². The summed E-state index contributed by atoms with van der Waals surface area (Å²) in [6.07, 6.45) is 1.35. The van der Waals surface area contributed by atoms with Crippen LogP contribution < -0.4 is 10.9 Å². The largest absolute Gasteiger partial charge is 0.348 e. The van der Waals surface area contributed by atoms with Crippen LogP contribution in [0.25, 0.3) is 10.9 Å². The first-order chi connectivity index (χ1) is 12.3. The van der Waals surface area contributed by atoms with Gasteiger partial charge in [0.05, 0.1) is 23.3 Å². The Morgan fingerprint density at radius 2 is 1.85 bits per heavy atom. The summed E-state index contributed by atoms with van der Waals surface area (Å²) in [4.78, 5) is 29.0. The lowest BCUT2D eigenvalue weighted by atomic mass is 10.1. The average molecular weight is 411 g/mol. The van der Waals surface area contributed by atoms with Crippen molar-refractivity contribution in [1.29, 1.82) is 0 Å². The number of hydrogen-bond donors (Lipinski definition) is 1. The lowest BCUT2D eigenvalue weighted by Gasteiger charge is -2.16. The number of carbonyl (C=O) groups is 1. The molecule has 134 valence electrons. The highest BCUT2D eigenvalue weighted by Crippen LogP contribution is 2.26. The normalized spacial score (nSPS) is 12.2. The number of amides is 1. The van der Waals surface area contributed by atoms with Crippen LogP contribution in [0.3, 0.4) is 0 Å². The van der Waals surface area contributed by atoms with Gasteiger partial charge in [0.15, 0.2) is 0 Å². The van der Waals surface area contributed by atoms with Gasteiger partial charge < -0.3 is 5.32 Å². The van der Waals surface area contributed by atoms with Crippen LogP contribution in [-0.2, 0) is 11.3 Å². The second-order valence-corrected chi connectivity index (χ2v) is 7.07. The number of benzene rings is 2. The smallest absolute Gasteiger partial charge is 0.261 e. The standard InChI is InChI=1S/C18H14Cl3N3O2/c1-10(13-4-2-12(20)7-15(13)21)23-17(25)8-24-9-22-16-5-3-11(19)6-14(16)18(24)26/h2-7,9-10H,8H2,1H3,(H,23,25)/t10-/m0/s1. The Morgan fingerprint density at radius 1 is 1.15 bits per heavy atom. The molecular formula is C18H14Cl3N3O2. The van der Waals surface area contributed by atoms with E-state index >= 15 is 0 Å². The highest BCUT2D eigenvalue weighted by Gasteiger charge is 2.14. The van der Waals surface area contributed by atoms with Crippen molar-refractivity contribution in [2.45, 2.75) is 19.5 Å². The molecule has 5 nitrogen and oxygen atoms in total. The molecule has 1 aromatic heterocycles. The zero-order valence-electron chi connectivity index (χ0n) is 13.7. The van der Waals surface area contributed by atoms with Crippen LogP contribution in [0.15, 0.2) is 47.5 Å². The minimum atomic E-state index is -0.342. The molecular weight excluding hydrogens is 397 g/mol. The van der Waals surface area contributed by atoms with Gasteiger partial charge in [-0.2, -0.15) is 0 Å². The van der Waals surface area contributed by atoms with Gasteiger partial charge in [0.25, 0.3) is 5.56 Å². The van der Waals surface area contributed by atoms with Crippen molar-refractivity contribution in [2.75, 3.05) is 0 Å². The van der Waals surface area contributed by atoms with Crippen LogP contribution >= 0.6 is 34.8 Å². The van der Waals surface area contributed by atoms with Crippen LogP contribution in [-0.4, -0.2) is 15.5 Å². The number of rotatable bonds is 4. The summed E-state index contributed by atoms with van der Waals surface area (Å²) in [5, 5.41) is 4.59. The van der Waals surface area contributed by atoms with Crippen molar-refractivity contribution in [2.24, 2.45) is 0 Å². The second-order valence-electron chi connectivity index (χ2n) is 5.79. The Labute approximate surface area is 164 Å². The van der Waals surface area contributed by atoms with E-state index in [0.29, 0.717) is 26.0 Å². The first-order valence-corrected chi connectivity index (χ1v) is 8.87. The minimum absolute atomic E-state index is 0.163. The Balaban J connectivity index is 1.78. The van der Waals surface area contributed by atoms with E-state index in [4.69, 9.17) is 34.8 Å². The van der Waals surface area contributed by atoms with E-state index in [1.807, 2.05) is 0 Å². The van der Waals surface area contributed by atoms with E-state index in [-0.39, 0.29) is 24.1 Å². The summed E-state index contributed by atoms with van der Waals surface area (Å²) < 4.78 is 1.24. The lowest BCUT2D eigenvalue weighted by Crippen LogP contribution is -2.34. The maximum atomic E-state index is 12.5. The van der Waals surface area contributed by atoms with E-state index in [2.05, 4.69) is 10.3 Å². The Kier molecular flexibility index (Phi) is 5.51. The number of hydrogen-bond acceptors (Lipinski definition) is 3. The molecule has 3 aromatic rings. The SMILES string of the molecule is C[C@H](NC(=O)Cn1cnc2ccc(Cl)cc2c1=O)c1ccc(Cl)cc1Cl. The van der Waals surface area contributed by atoms with Crippen LogP contribution in [0.2, 0.25) is 15.1 Å². The monoisotopic (exact) mass is 409 g/mol. The molecule has 2 aromatic carbocycles. The zero-order chi connectivity index (χ0) is 18.8. The molecule has 0 unspecified atom stereocenters. The van der Waals surface area contributed by atoms with Gasteiger partial charge in [0.2, 0.25) is 5.91 Å². The molecule has 8 heteroatoms. The molecule has 0 spiro atoms. The third kappa shape index (κ3) is 4.01. The van der Waals surface area contributed by atoms with Gasteiger partial charge in [-0.25, -0.2) is 4.98 Å². The van der Waals surface area contributed by atoms with Gasteiger partial charge >= 0.3 is 0 Å². The van der Waals surface area contributed by atoms with E-state index in [0.717, 1.165) is 5.56 Å². The summed E-state index contributed by atoms with van der Waals surface area (Å²) >= 11 is 18.0. The topological polar surface area (TPSA) is 64.0 Å². The summed E-state index contributed by atoms with van der Waals surface area (Å²) in [5.41, 5.74) is 0.933. The van der Waals surface area contributed by atoms with E-state index < -0.39 is 0 Å². The number of aromatic nitrogens is 2. The molecule has 0 aliphatic carbocycles. The predicted molar refractivity (Wildman–Crippen MR) is 104 cm³/mol. The van der Waals surface area contributed by atoms with Gasteiger partial charge in [-0.15, -0.1) is 0 Å². The van der Waals surface area contributed by atoms with Crippen molar-refractivity contribution in [1.82, 2.24) is 14.9 Å². The highest BCUT2D eigenvalue weighted by molar-refractivity contribution is 6.35. The molecule has 1 N–H and O–H groups in total. The van der Waals surface area contributed by atoms with Gasteiger partial charge in [0.1, 0.15) is 6.54 Å². The molecule has 0 saturated heterocycles. The molecule has 0 radical (unpaired) electrons. The first kappa shape index (κ1) is 18.7. The fourth-order valence-corrected chi connectivity index (χ4v) is 3.36.